The highest BCUT2D eigenvalue weighted by atomic mass is 32.2. The minimum atomic E-state index is -3.55. The summed E-state index contributed by atoms with van der Waals surface area (Å²) < 4.78 is 33.3. The Kier molecular flexibility index (Phi) is 6.10. The minimum Gasteiger partial charge on any atom is -0.458 e. The molecule has 3 aromatic rings. The number of hydrogen-bond acceptors (Lipinski definition) is 7. The van der Waals surface area contributed by atoms with Crippen molar-refractivity contribution in [2.75, 3.05) is 13.1 Å². The second-order valence-electron chi connectivity index (χ2n) is 7.30. The van der Waals surface area contributed by atoms with Crippen LogP contribution >= 0.6 is 22.7 Å². The third kappa shape index (κ3) is 4.51. The van der Waals surface area contributed by atoms with Crippen molar-refractivity contribution in [3.63, 3.8) is 0 Å². The SMILES string of the molecule is Cc1ccc(S(=O)(=O)N2CCCC(C(=O)NCc3ccc(-c4csc(C)n4)o3)C2)s1. The molecule has 1 N–H and O–H groups in total. The largest absolute Gasteiger partial charge is 0.458 e. The lowest BCUT2D eigenvalue weighted by Gasteiger charge is -2.30. The highest BCUT2D eigenvalue weighted by molar-refractivity contribution is 7.91. The fraction of sp³-hybridized carbons (Fsp3) is 0.400. The van der Waals surface area contributed by atoms with Crippen molar-refractivity contribution in [3.05, 3.63) is 45.3 Å². The third-order valence-electron chi connectivity index (χ3n) is 5.03. The lowest BCUT2D eigenvalue weighted by molar-refractivity contribution is -0.126. The molecule has 0 bridgehead atoms. The van der Waals surface area contributed by atoms with Crippen molar-refractivity contribution in [2.45, 2.75) is 37.4 Å². The summed E-state index contributed by atoms with van der Waals surface area (Å²) in [5.41, 5.74) is 0.784. The van der Waals surface area contributed by atoms with Crippen LogP contribution in [-0.4, -0.2) is 36.7 Å². The zero-order chi connectivity index (χ0) is 21.3. The van der Waals surface area contributed by atoms with E-state index in [1.165, 1.54) is 15.6 Å². The zero-order valence-electron chi connectivity index (χ0n) is 16.8. The summed E-state index contributed by atoms with van der Waals surface area (Å²) >= 11 is 2.81. The van der Waals surface area contributed by atoms with Gasteiger partial charge in [0.15, 0.2) is 5.76 Å². The summed E-state index contributed by atoms with van der Waals surface area (Å²) in [4.78, 5) is 18.0. The van der Waals surface area contributed by atoms with Gasteiger partial charge in [0.2, 0.25) is 5.91 Å². The average molecular weight is 466 g/mol. The van der Waals surface area contributed by atoms with E-state index in [2.05, 4.69) is 10.3 Å². The molecule has 1 atom stereocenters. The van der Waals surface area contributed by atoms with Crippen LogP contribution in [0.25, 0.3) is 11.5 Å². The number of aryl methyl sites for hydroxylation is 2. The monoisotopic (exact) mass is 465 g/mol. The van der Waals surface area contributed by atoms with Crippen LogP contribution in [0.3, 0.4) is 0 Å². The van der Waals surface area contributed by atoms with Crippen molar-refractivity contribution in [3.8, 4) is 11.5 Å². The molecule has 1 saturated heterocycles. The Bertz CT molecular complexity index is 1150. The van der Waals surface area contributed by atoms with E-state index in [-0.39, 0.29) is 24.9 Å². The standard InChI is InChI=1S/C20H23N3O4S3/c1-13-5-8-19(29-13)30(25,26)23-9-3-4-15(11-23)20(24)21-10-16-6-7-18(27-16)17-12-28-14(2)22-17/h5-8,12,15H,3-4,9-11H2,1-2H3,(H,21,24). The van der Waals surface area contributed by atoms with Crippen molar-refractivity contribution < 1.29 is 17.6 Å². The number of carbonyl (C=O) groups excluding carboxylic acids is 1. The quantitative estimate of drug-likeness (QED) is 0.598. The van der Waals surface area contributed by atoms with Crippen LogP contribution in [0.2, 0.25) is 0 Å². The van der Waals surface area contributed by atoms with Gasteiger partial charge in [-0.05, 0) is 51.0 Å². The van der Waals surface area contributed by atoms with Gasteiger partial charge >= 0.3 is 0 Å². The normalized spacial score (nSPS) is 17.9. The maximum Gasteiger partial charge on any atom is 0.252 e. The van der Waals surface area contributed by atoms with Gasteiger partial charge in [-0.25, -0.2) is 13.4 Å². The molecule has 160 valence electrons. The molecule has 10 heteroatoms. The number of thiophene rings is 1. The Morgan fingerprint density at radius 1 is 1.30 bits per heavy atom. The van der Waals surface area contributed by atoms with Crippen LogP contribution in [0, 0.1) is 19.8 Å². The first-order valence-corrected chi connectivity index (χ1v) is 12.8. The number of piperidine rings is 1. The molecule has 4 rings (SSSR count). The molecular formula is C20H23N3O4S3. The van der Waals surface area contributed by atoms with Gasteiger partial charge in [0.25, 0.3) is 10.0 Å². The lowest BCUT2D eigenvalue weighted by Crippen LogP contribution is -2.45. The summed E-state index contributed by atoms with van der Waals surface area (Å²) in [7, 11) is -3.55. The van der Waals surface area contributed by atoms with Crippen LogP contribution in [0.15, 0.2) is 38.3 Å². The third-order valence-corrected chi connectivity index (χ3v) is 9.14. The van der Waals surface area contributed by atoms with Gasteiger partial charge in [-0.1, -0.05) is 0 Å². The Labute approximate surface area is 183 Å². The molecule has 0 aromatic carbocycles. The van der Waals surface area contributed by atoms with E-state index in [4.69, 9.17) is 4.42 Å². The molecule has 1 aliphatic heterocycles. The first-order valence-electron chi connectivity index (χ1n) is 9.68. The number of sulfonamides is 1. The molecule has 1 fully saturated rings. The summed E-state index contributed by atoms with van der Waals surface area (Å²) in [6.45, 7) is 4.72. The molecule has 0 saturated carbocycles. The topological polar surface area (TPSA) is 92.5 Å². The smallest absolute Gasteiger partial charge is 0.252 e. The molecule has 7 nitrogen and oxygen atoms in total. The highest BCUT2D eigenvalue weighted by Gasteiger charge is 2.34. The Balaban J connectivity index is 1.36. The van der Waals surface area contributed by atoms with Crippen LogP contribution < -0.4 is 5.32 Å². The van der Waals surface area contributed by atoms with E-state index < -0.39 is 10.0 Å². The summed E-state index contributed by atoms with van der Waals surface area (Å²) in [5, 5.41) is 5.78. The molecular weight excluding hydrogens is 442 g/mol. The Hall–Kier alpha value is -2.01. The van der Waals surface area contributed by atoms with Gasteiger partial charge in [0.05, 0.1) is 17.5 Å². The van der Waals surface area contributed by atoms with Gasteiger partial charge in [-0.15, -0.1) is 22.7 Å². The van der Waals surface area contributed by atoms with Gasteiger partial charge in [0, 0.05) is 23.3 Å². The molecule has 0 spiro atoms. The number of nitrogens with zero attached hydrogens (tertiary/aromatic N) is 2. The molecule has 30 heavy (non-hydrogen) atoms. The Morgan fingerprint density at radius 2 is 2.13 bits per heavy atom. The second-order valence-corrected chi connectivity index (χ2v) is 11.8. The predicted molar refractivity (Wildman–Crippen MR) is 117 cm³/mol. The van der Waals surface area contributed by atoms with E-state index in [1.54, 1.807) is 23.5 Å². The van der Waals surface area contributed by atoms with E-state index in [0.29, 0.717) is 35.1 Å². The van der Waals surface area contributed by atoms with Gasteiger partial charge in [0.1, 0.15) is 15.7 Å². The van der Waals surface area contributed by atoms with Gasteiger partial charge < -0.3 is 9.73 Å². The molecule has 1 unspecified atom stereocenters. The molecule has 0 aliphatic carbocycles. The number of amides is 1. The van der Waals surface area contributed by atoms with Gasteiger partial charge in [-0.3, -0.25) is 4.79 Å². The van der Waals surface area contributed by atoms with Crippen molar-refractivity contribution in [1.29, 1.82) is 0 Å². The maximum atomic E-state index is 12.9. The zero-order valence-corrected chi connectivity index (χ0v) is 19.2. The van der Waals surface area contributed by atoms with Crippen LogP contribution in [-0.2, 0) is 21.4 Å². The fourth-order valence-electron chi connectivity index (χ4n) is 3.46. The van der Waals surface area contributed by atoms with Crippen molar-refractivity contribution in [1.82, 2.24) is 14.6 Å². The molecule has 3 aromatic heterocycles. The van der Waals surface area contributed by atoms with Crippen LogP contribution in [0.5, 0.6) is 0 Å². The number of rotatable bonds is 6. The van der Waals surface area contributed by atoms with Crippen LogP contribution in [0.4, 0.5) is 0 Å². The number of nitrogens with one attached hydrogen (secondary N) is 1. The summed E-state index contributed by atoms with van der Waals surface area (Å²) in [5.74, 6) is 0.785. The fourth-order valence-corrected chi connectivity index (χ4v) is 7.02. The average Bonchev–Trinajstić information content (AvgIpc) is 3.47. The maximum absolute atomic E-state index is 12.9. The van der Waals surface area contributed by atoms with E-state index in [0.717, 1.165) is 15.6 Å². The van der Waals surface area contributed by atoms with Crippen LogP contribution in [0.1, 0.15) is 28.5 Å². The van der Waals surface area contributed by atoms with E-state index in [9.17, 15) is 13.2 Å². The summed E-state index contributed by atoms with van der Waals surface area (Å²) in [6, 6.07) is 7.10. The van der Waals surface area contributed by atoms with E-state index >= 15 is 0 Å². The van der Waals surface area contributed by atoms with Gasteiger partial charge in [-0.2, -0.15) is 4.31 Å². The second kappa shape index (κ2) is 8.62. The lowest BCUT2D eigenvalue weighted by atomic mass is 9.99. The highest BCUT2D eigenvalue weighted by Crippen LogP contribution is 2.28. The summed E-state index contributed by atoms with van der Waals surface area (Å²) in [6.07, 6.45) is 1.33. The number of thiazole rings is 1. The molecule has 1 aliphatic rings. The van der Waals surface area contributed by atoms with E-state index in [1.807, 2.05) is 31.4 Å². The molecule has 0 radical (unpaired) electrons. The molecule has 4 heterocycles. The molecule has 1 amide bonds. The minimum absolute atomic E-state index is 0.153. The number of furan rings is 1. The first-order chi connectivity index (χ1) is 14.3. The number of hydrogen-bond donors (Lipinski definition) is 1. The predicted octanol–water partition coefficient (Wildman–Crippen LogP) is 3.80. The Morgan fingerprint density at radius 3 is 2.83 bits per heavy atom. The van der Waals surface area contributed by atoms with Crippen molar-refractivity contribution >= 4 is 38.6 Å². The number of carbonyl (C=O) groups is 1. The number of aromatic nitrogens is 1. The first kappa shape index (κ1) is 21.2. The van der Waals surface area contributed by atoms with Crippen molar-refractivity contribution in [2.24, 2.45) is 5.92 Å².